The standard InChI is InChI=1S/C19H17F4NO4S/c1-28-18-16(22)12(10-14(21)17(18)23)19(25)24-7-6-15(29(26,27)9-8-24)11-4-2-3-5-13(11)20/h2-5,10,15H,6-9H2,1H3. The van der Waals surface area contributed by atoms with Gasteiger partial charge in [0.05, 0.1) is 23.7 Å². The van der Waals surface area contributed by atoms with Crippen molar-refractivity contribution in [3.8, 4) is 5.75 Å². The van der Waals surface area contributed by atoms with Crippen LogP contribution in [0.25, 0.3) is 0 Å². The van der Waals surface area contributed by atoms with E-state index in [0.29, 0.717) is 6.07 Å². The molecule has 5 nitrogen and oxygen atoms in total. The molecule has 1 saturated heterocycles. The molecule has 1 atom stereocenters. The molecule has 1 fully saturated rings. The second kappa shape index (κ2) is 8.02. The highest BCUT2D eigenvalue weighted by molar-refractivity contribution is 7.91. The lowest BCUT2D eigenvalue weighted by atomic mass is 10.1. The lowest BCUT2D eigenvalue weighted by Gasteiger charge is -2.21. The van der Waals surface area contributed by atoms with Crippen molar-refractivity contribution in [1.29, 1.82) is 0 Å². The van der Waals surface area contributed by atoms with E-state index in [9.17, 15) is 30.8 Å². The smallest absolute Gasteiger partial charge is 0.257 e. The SMILES string of the molecule is COc1c(F)c(F)cc(C(=O)N2CCC(c3ccccc3F)S(=O)(=O)CC2)c1F. The van der Waals surface area contributed by atoms with Gasteiger partial charge in [-0.15, -0.1) is 0 Å². The van der Waals surface area contributed by atoms with Crippen LogP contribution in [0.15, 0.2) is 30.3 Å². The van der Waals surface area contributed by atoms with Crippen LogP contribution in [0.1, 0.15) is 27.6 Å². The summed E-state index contributed by atoms with van der Waals surface area (Å²) in [6.45, 7) is -0.440. The number of carbonyl (C=O) groups excluding carboxylic acids is 1. The van der Waals surface area contributed by atoms with E-state index in [-0.39, 0.29) is 25.1 Å². The van der Waals surface area contributed by atoms with Crippen LogP contribution in [0.4, 0.5) is 17.6 Å². The average molecular weight is 431 g/mol. The zero-order chi connectivity index (χ0) is 21.3. The number of amides is 1. The van der Waals surface area contributed by atoms with E-state index in [1.807, 2.05) is 0 Å². The largest absolute Gasteiger partial charge is 0.491 e. The molecule has 1 aliphatic heterocycles. The average Bonchev–Trinajstić information content (AvgIpc) is 2.83. The highest BCUT2D eigenvalue weighted by atomic mass is 32.2. The molecule has 0 spiro atoms. The van der Waals surface area contributed by atoms with Crippen LogP contribution in [0, 0.1) is 23.3 Å². The Morgan fingerprint density at radius 1 is 1.07 bits per heavy atom. The fraction of sp³-hybridized carbons (Fsp3) is 0.316. The number of methoxy groups -OCH3 is 1. The normalized spacial score (nSPS) is 18.9. The maximum absolute atomic E-state index is 14.4. The molecule has 0 bridgehead atoms. The van der Waals surface area contributed by atoms with Gasteiger partial charge < -0.3 is 9.64 Å². The third kappa shape index (κ3) is 3.93. The number of hydrogen-bond donors (Lipinski definition) is 0. The monoisotopic (exact) mass is 431 g/mol. The minimum atomic E-state index is -3.81. The van der Waals surface area contributed by atoms with Gasteiger partial charge in [-0.1, -0.05) is 18.2 Å². The summed E-state index contributed by atoms with van der Waals surface area (Å²) in [6, 6.07) is 5.84. The number of nitrogens with zero attached hydrogens (tertiary/aromatic N) is 1. The van der Waals surface area contributed by atoms with Crippen molar-refractivity contribution < 1.29 is 35.5 Å². The van der Waals surface area contributed by atoms with Gasteiger partial charge in [0, 0.05) is 18.7 Å². The van der Waals surface area contributed by atoms with Crippen LogP contribution in [0.3, 0.4) is 0 Å². The number of sulfone groups is 1. The molecule has 0 N–H and O–H groups in total. The van der Waals surface area contributed by atoms with Crippen LogP contribution < -0.4 is 4.74 Å². The molecule has 1 aliphatic rings. The predicted molar refractivity (Wildman–Crippen MR) is 96.3 cm³/mol. The summed E-state index contributed by atoms with van der Waals surface area (Å²) in [6.07, 6.45) is -0.128. The quantitative estimate of drug-likeness (QED) is 0.553. The van der Waals surface area contributed by atoms with Crippen molar-refractivity contribution in [3.05, 3.63) is 64.7 Å². The topological polar surface area (TPSA) is 63.7 Å². The third-order valence-corrected chi connectivity index (χ3v) is 6.94. The van der Waals surface area contributed by atoms with E-state index < -0.39 is 61.3 Å². The fourth-order valence-electron chi connectivity index (χ4n) is 3.32. The molecular weight excluding hydrogens is 414 g/mol. The highest BCUT2D eigenvalue weighted by Crippen LogP contribution is 2.32. The van der Waals surface area contributed by atoms with Gasteiger partial charge in [0.25, 0.3) is 5.91 Å². The Labute approximate surface area is 164 Å². The number of carbonyl (C=O) groups is 1. The fourth-order valence-corrected chi connectivity index (χ4v) is 5.12. The van der Waals surface area contributed by atoms with E-state index in [1.165, 1.54) is 18.2 Å². The number of hydrogen-bond acceptors (Lipinski definition) is 4. The van der Waals surface area contributed by atoms with E-state index in [2.05, 4.69) is 4.74 Å². The molecule has 10 heteroatoms. The second-order valence-electron chi connectivity index (χ2n) is 6.53. The first kappa shape index (κ1) is 21.1. The van der Waals surface area contributed by atoms with Gasteiger partial charge in [-0.3, -0.25) is 4.79 Å². The van der Waals surface area contributed by atoms with Crippen LogP contribution in [0.5, 0.6) is 5.75 Å². The first-order chi connectivity index (χ1) is 13.7. The van der Waals surface area contributed by atoms with E-state index in [1.54, 1.807) is 0 Å². The Bertz CT molecular complexity index is 1060. The zero-order valence-electron chi connectivity index (χ0n) is 15.3. The van der Waals surface area contributed by atoms with Crippen molar-refractivity contribution >= 4 is 15.7 Å². The molecule has 1 heterocycles. The summed E-state index contributed by atoms with van der Waals surface area (Å²) in [5.74, 6) is -7.64. The van der Waals surface area contributed by atoms with Crippen molar-refractivity contribution in [2.75, 3.05) is 26.0 Å². The lowest BCUT2D eigenvalue weighted by molar-refractivity contribution is 0.0760. The van der Waals surface area contributed by atoms with Crippen LogP contribution in [-0.2, 0) is 9.84 Å². The first-order valence-electron chi connectivity index (χ1n) is 8.64. The van der Waals surface area contributed by atoms with Crippen molar-refractivity contribution in [3.63, 3.8) is 0 Å². The number of benzene rings is 2. The molecule has 2 aromatic carbocycles. The molecule has 0 aromatic heterocycles. The Balaban J connectivity index is 1.92. The van der Waals surface area contributed by atoms with E-state index >= 15 is 0 Å². The molecule has 0 saturated carbocycles. The Hall–Kier alpha value is -2.62. The molecule has 29 heavy (non-hydrogen) atoms. The van der Waals surface area contributed by atoms with Gasteiger partial charge in [0.1, 0.15) is 5.82 Å². The van der Waals surface area contributed by atoms with Crippen LogP contribution in [0.2, 0.25) is 0 Å². The third-order valence-electron chi connectivity index (χ3n) is 4.83. The van der Waals surface area contributed by atoms with E-state index in [4.69, 9.17) is 0 Å². The molecule has 0 aliphatic carbocycles. The molecule has 1 unspecified atom stereocenters. The van der Waals surface area contributed by atoms with Crippen LogP contribution in [-0.4, -0.2) is 45.2 Å². The first-order valence-corrected chi connectivity index (χ1v) is 10.4. The molecule has 156 valence electrons. The van der Waals surface area contributed by atoms with Crippen molar-refractivity contribution in [2.45, 2.75) is 11.7 Å². The number of halogens is 4. The summed E-state index contributed by atoms with van der Waals surface area (Å²) >= 11 is 0. The summed E-state index contributed by atoms with van der Waals surface area (Å²) < 4.78 is 85.6. The van der Waals surface area contributed by atoms with Gasteiger partial charge in [0.15, 0.2) is 27.2 Å². The molecule has 0 radical (unpaired) electrons. The number of rotatable bonds is 3. The predicted octanol–water partition coefficient (Wildman–Crippen LogP) is 3.25. The Morgan fingerprint density at radius 2 is 1.76 bits per heavy atom. The lowest BCUT2D eigenvalue weighted by Crippen LogP contribution is -2.34. The van der Waals surface area contributed by atoms with Gasteiger partial charge >= 0.3 is 0 Å². The molecule has 2 aromatic rings. The summed E-state index contributed by atoms with van der Waals surface area (Å²) in [4.78, 5) is 13.7. The van der Waals surface area contributed by atoms with Crippen molar-refractivity contribution in [2.24, 2.45) is 0 Å². The van der Waals surface area contributed by atoms with E-state index in [0.717, 1.165) is 18.1 Å². The van der Waals surface area contributed by atoms with Gasteiger partial charge in [-0.2, -0.15) is 4.39 Å². The van der Waals surface area contributed by atoms with Gasteiger partial charge in [-0.25, -0.2) is 21.6 Å². The minimum absolute atomic E-state index is 0.0116. The second-order valence-corrected chi connectivity index (χ2v) is 8.83. The highest BCUT2D eigenvalue weighted by Gasteiger charge is 2.35. The van der Waals surface area contributed by atoms with Crippen molar-refractivity contribution in [1.82, 2.24) is 4.90 Å². The zero-order valence-corrected chi connectivity index (χ0v) is 16.1. The summed E-state index contributed by atoms with van der Waals surface area (Å²) in [7, 11) is -2.89. The maximum Gasteiger partial charge on any atom is 0.257 e. The summed E-state index contributed by atoms with van der Waals surface area (Å²) in [5, 5.41) is -1.18. The maximum atomic E-state index is 14.4. The number of ether oxygens (including phenoxy) is 1. The molecule has 3 rings (SSSR count). The van der Waals surface area contributed by atoms with Gasteiger partial charge in [-0.05, 0) is 18.6 Å². The Morgan fingerprint density at radius 3 is 2.41 bits per heavy atom. The van der Waals surface area contributed by atoms with Crippen LogP contribution >= 0.6 is 0 Å². The molecular formula is C19H17F4NO4S. The molecule has 1 amide bonds. The summed E-state index contributed by atoms with van der Waals surface area (Å²) in [5.41, 5.74) is -0.787. The Kier molecular flexibility index (Phi) is 5.83. The van der Waals surface area contributed by atoms with Gasteiger partial charge in [0.2, 0.25) is 5.82 Å². The minimum Gasteiger partial charge on any atom is -0.491 e.